The van der Waals surface area contributed by atoms with Gasteiger partial charge in [-0.3, -0.25) is 0 Å². The third-order valence-corrected chi connectivity index (χ3v) is 2.00. The maximum absolute atomic E-state index is 11.3. The van der Waals surface area contributed by atoms with Gasteiger partial charge in [0.25, 0.3) is 0 Å². The average Bonchev–Trinajstić information content (AvgIpc) is 2.23. The fourth-order valence-corrected chi connectivity index (χ4v) is 1.11. The minimum absolute atomic E-state index is 0.141. The molecule has 0 radical (unpaired) electrons. The number of ether oxygens (including phenoxy) is 2. The lowest BCUT2D eigenvalue weighted by Gasteiger charge is -2.14. The molecule has 2 atom stereocenters. The molecule has 0 heterocycles. The first-order chi connectivity index (χ1) is 7.60. The quantitative estimate of drug-likeness (QED) is 0.509. The Balaban J connectivity index is 3.80. The molecule has 0 aromatic carbocycles. The van der Waals surface area contributed by atoms with Crippen molar-refractivity contribution in [3.05, 3.63) is 24.3 Å². The first-order valence-corrected chi connectivity index (χ1v) is 5.69. The van der Waals surface area contributed by atoms with Gasteiger partial charge in [-0.25, -0.2) is 4.79 Å². The Hall–Kier alpha value is -1.25. The summed E-state index contributed by atoms with van der Waals surface area (Å²) in [7, 11) is 0. The molecule has 0 spiro atoms. The van der Waals surface area contributed by atoms with Gasteiger partial charge in [-0.05, 0) is 27.7 Å². The van der Waals surface area contributed by atoms with Gasteiger partial charge in [-0.15, -0.1) is 0 Å². The summed E-state index contributed by atoms with van der Waals surface area (Å²) in [6.45, 7) is 7.56. The van der Waals surface area contributed by atoms with Crippen molar-refractivity contribution in [2.45, 2.75) is 52.7 Å². The molecule has 0 bridgehead atoms. The molecule has 0 aromatic rings. The number of hydrogen-bond donors (Lipinski definition) is 0. The smallest absolute Gasteiger partial charge is 0.431 e. The monoisotopic (exact) mass is 226 g/mol. The van der Waals surface area contributed by atoms with Crippen LogP contribution in [0.2, 0.25) is 0 Å². The molecule has 0 saturated heterocycles. The van der Waals surface area contributed by atoms with Gasteiger partial charge in [-0.2, -0.15) is 0 Å². The van der Waals surface area contributed by atoms with E-state index in [9.17, 15) is 4.79 Å². The second-order valence-corrected chi connectivity index (χ2v) is 3.72. The van der Waals surface area contributed by atoms with E-state index >= 15 is 0 Å². The van der Waals surface area contributed by atoms with Crippen LogP contribution in [0.25, 0.3) is 0 Å². The van der Waals surface area contributed by atoms with Crippen molar-refractivity contribution in [2.24, 2.45) is 0 Å². The second kappa shape index (κ2) is 9.01. The normalized spacial score (nSPS) is 15.2. The van der Waals surface area contributed by atoms with E-state index in [0.29, 0.717) is 0 Å². The Labute approximate surface area is 98.1 Å². The fourth-order valence-electron chi connectivity index (χ4n) is 1.11. The summed E-state index contributed by atoms with van der Waals surface area (Å²) in [6.07, 6.45) is 8.34. The summed E-state index contributed by atoms with van der Waals surface area (Å²) in [4.78, 5) is 11.3. The zero-order chi connectivity index (χ0) is 12.4. The molecule has 0 aliphatic carbocycles. The van der Waals surface area contributed by atoms with Crippen molar-refractivity contribution in [2.75, 3.05) is 0 Å². The van der Waals surface area contributed by atoms with E-state index in [-0.39, 0.29) is 12.2 Å². The molecule has 0 saturated carbocycles. The summed E-state index contributed by atoms with van der Waals surface area (Å²) in [5.74, 6) is 0. The van der Waals surface area contributed by atoms with Crippen LogP contribution in [0, 0.1) is 0 Å². The predicted octanol–water partition coefficient (Wildman–Crippen LogP) is 3.85. The highest BCUT2D eigenvalue weighted by molar-refractivity contribution is 5.60. The highest BCUT2D eigenvalue weighted by Crippen LogP contribution is 2.05. The Morgan fingerprint density at radius 2 is 1.38 bits per heavy atom. The lowest BCUT2D eigenvalue weighted by molar-refractivity contribution is 0.00916. The van der Waals surface area contributed by atoms with Crippen molar-refractivity contribution in [1.82, 2.24) is 0 Å². The van der Waals surface area contributed by atoms with Crippen molar-refractivity contribution < 1.29 is 14.3 Å². The SMILES string of the molecule is CC=CCC(C)OC(=O)OC(C)CC=CC. The maximum atomic E-state index is 11.3. The van der Waals surface area contributed by atoms with Crippen LogP contribution in [0.3, 0.4) is 0 Å². The average molecular weight is 226 g/mol. The standard InChI is InChI=1S/C13H22O3/c1-5-7-9-11(3)15-13(14)16-12(4)10-8-6-2/h5-8,11-12H,9-10H2,1-4H3. The number of carbonyl (C=O) groups is 1. The van der Waals surface area contributed by atoms with E-state index < -0.39 is 6.16 Å². The van der Waals surface area contributed by atoms with Crippen LogP contribution < -0.4 is 0 Å². The van der Waals surface area contributed by atoms with Crippen molar-refractivity contribution in [3.63, 3.8) is 0 Å². The van der Waals surface area contributed by atoms with E-state index in [1.165, 1.54) is 0 Å². The highest BCUT2D eigenvalue weighted by Gasteiger charge is 2.12. The van der Waals surface area contributed by atoms with Gasteiger partial charge >= 0.3 is 6.16 Å². The van der Waals surface area contributed by atoms with Crippen LogP contribution in [0.5, 0.6) is 0 Å². The lowest BCUT2D eigenvalue weighted by atomic mass is 10.2. The largest absolute Gasteiger partial charge is 0.508 e. The molecule has 0 aliphatic heterocycles. The molecule has 16 heavy (non-hydrogen) atoms. The fraction of sp³-hybridized carbons (Fsp3) is 0.615. The third kappa shape index (κ3) is 8.09. The van der Waals surface area contributed by atoms with Gasteiger partial charge in [0.15, 0.2) is 0 Å². The highest BCUT2D eigenvalue weighted by atomic mass is 16.7. The topological polar surface area (TPSA) is 35.5 Å². The summed E-state index contributed by atoms with van der Waals surface area (Å²) in [5, 5.41) is 0. The van der Waals surface area contributed by atoms with Gasteiger partial charge in [0.05, 0.1) is 0 Å². The predicted molar refractivity (Wildman–Crippen MR) is 65.4 cm³/mol. The van der Waals surface area contributed by atoms with Crippen LogP contribution in [0.15, 0.2) is 24.3 Å². The van der Waals surface area contributed by atoms with Gasteiger partial charge in [-0.1, -0.05) is 24.3 Å². The Morgan fingerprint density at radius 1 is 1.00 bits per heavy atom. The molecule has 2 unspecified atom stereocenters. The van der Waals surface area contributed by atoms with Gasteiger partial charge in [0.2, 0.25) is 0 Å². The minimum atomic E-state index is -0.589. The van der Waals surface area contributed by atoms with Crippen molar-refractivity contribution >= 4 is 6.16 Å². The third-order valence-electron chi connectivity index (χ3n) is 2.00. The number of rotatable bonds is 6. The molecule has 0 aromatic heterocycles. The molecule has 0 rings (SSSR count). The molecule has 92 valence electrons. The van der Waals surface area contributed by atoms with Gasteiger partial charge in [0, 0.05) is 12.8 Å². The van der Waals surface area contributed by atoms with Crippen LogP contribution in [0.1, 0.15) is 40.5 Å². The van der Waals surface area contributed by atoms with Crippen molar-refractivity contribution in [3.8, 4) is 0 Å². The zero-order valence-corrected chi connectivity index (χ0v) is 10.6. The van der Waals surface area contributed by atoms with E-state index in [2.05, 4.69) is 0 Å². The summed E-state index contributed by atoms with van der Waals surface area (Å²) >= 11 is 0. The lowest BCUT2D eigenvalue weighted by Crippen LogP contribution is -2.20. The molecule has 0 fully saturated rings. The first kappa shape index (κ1) is 14.8. The number of allylic oxidation sites excluding steroid dienone is 2. The molecule has 3 heteroatoms. The Kier molecular flexibility index (Phi) is 8.31. The molecular weight excluding hydrogens is 204 g/mol. The van der Waals surface area contributed by atoms with Crippen LogP contribution in [-0.4, -0.2) is 18.4 Å². The Morgan fingerprint density at radius 3 is 1.69 bits per heavy atom. The molecule has 3 nitrogen and oxygen atoms in total. The summed E-state index contributed by atoms with van der Waals surface area (Å²) in [5.41, 5.74) is 0. The molecule has 0 amide bonds. The molecule has 0 N–H and O–H groups in total. The summed E-state index contributed by atoms with van der Waals surface area (Å²) in [6, 6.07) is 0. The number of carbonyl (C=O) groups excluding carboxylic acids is 1. The minimum Gasteiger partial charge on any atom is -0.431 e. The second-order valence-electron chi connectivity index (χ2n) is 3.72. The van der Waals surface area contributed by atoms with Crippen LogP contribution >= 0.6 is 0 Å². The van der Waals surface area contributed by atoms with Gasteiger partial charge < -0.3 is 9.47 Å². The van der Waals surface area contributed by atoms with E-state index in [1.807, 2.05) is 52.0 Å². The Bertz CT molecular complexity index is 220. The zero-order valence-electron chi connectivity index (χ0n) is 10.6. The van der Waals surface area contributed by atoms with Gasteiger partial charge in [0.1, 0.15) is 12.2 Å². The van der Waals surface area contributed by atoms with E-state index in [4.69, 9.17) is 9.47 Å². The van der Waals surface area contributed by atoms with Crippen LogP contribution in [0.4, 0.5) is 4.79 Å². The van der Waals surface area contributed by atoms with E-state index in [0.717, 1.165) is 12.8 Å². The van der Waals surface area contributed by atoms with E-state index in [1.54, 1.807) is 0 Å². The van der Waals surface area contributed by atoms with Crippen molar-refractivity contribution in [1.29, 1.82) is 0 Å². The number of hydrogen-bond acceptors (Lipinski definition) is 3. The first-order valence-electron chi connectivity index (χ1n) is 5.69. The maximum Gasteiger partial charge on any atom is 0.508 e. The van der Waals surface area contributed by atoms with Crippen LogP contribution in [-0.2, 0) is 9.47 Å². The molecular formula is C13H22O3. The molecule has 0 aliphatic rings. The summed E-state index contributed by atoms with van der Waals surface area (Å²) < 4.78 is 10.1.